The predicted octanol–water partition coefficient (Wildman–Crippen LogP) is 3.09. The molecule has 1 fully saturated rings. The van der Waals surface area contributed by atoms with Crippen LogP contribution in [-0.4, -0.2) is 36.1 Å². The molecule has 1 aromatic heterocycles. The summed E-state index contributed by atoms with van der Waals surface area (Å²) in [4.78, 5) is 28.7. The van der Waals surface area contributed by atoms with Gasteiger partial charge in [-0.1, -0.05) is 30.8 Å². The summed E-state index contributed by atoms with van der Waals surface area (Å²) in [6.45, 7) is 3.04. The van der Waals surface area contributed by atoms with Crippen LogP contribution < -0.4 is 15.4 Å². The Morgan fingerprint density at radius 3 is 2.30 bits per heavy atom. The molecule has 2 aromatic rings. The highest BCUT2D eigenvalue weighted by atomic mass is 32.2. The molecule has 0 unspecified atom stereocenters. The van der Waals surface area contributed by atoms with Crippen molar-refractivity contribution in [3.05, 3.63) is 36.0 Å². The van der Waals surface area contributed by atoms with Gasteiger partial charge in [-0.3, -0.25) is 14.3 Å². The zero-order valence-corrected chi connectivity index (χ0v) is 19.8. The van der Waals surface area contributed by atoms with Crippen LogP contribution in [0.5, 0.6) is 0 Å². The molecule has 2 amide bonds. The fraction of sp³-hybridized carbons (Fsp3) is 0.545. The molecule has 1 aliphatic rings. The third kappa shape index (κ3) is 7.01. The van der Waals surface area contributed by atoms with Crippen LogP contribution in [0.15, 0.2) is 28.8 Å². The van der Waals surface area contributed by atoms with Crippen LogP contribution in [0, 0.1) is 0 Å². The van der Waals surface area contributed by atoms with Gasteiger partial charge >= 0.3 is 0 Å². The number of carbonyl (C=O) groups excluding carboxylic acids is 2. The minimum atomic E-state index is -3.35. The lowest BCUT2D eigenvalue weighted by atomic mass is 9.89. The molecule has 0 spiro atoms. The Labute approximate surface area is 194 Å². The minimum absolute atomic E-state index is 0.0190. The number of hydrogen-bond acceptors (Lipinski definition) is 7. The first-order valence-corrected chi connectivity index (χ1v) is 12.9. The predicted molar refractivity (Wildman–Crippen MR) is 124 cm³/mol. The number of carbonyl (C=O) groups is 2. The Balaban J connectivity index is 1.57. The van der Waals surface area contributed by atoms with Crippen molar-refractivity contribution in [3.8, 4) is 0 Å². The number of aryl methyl sites for hydroxylation is 1. The molecular weight excluding hydrogens is 446 g/mol. The lowest BCUT2D eigenvalue weighted by molar-refractivity contribution is -0.121. The molecule has 10 nitrogen and oxygen atoms in total. The number of sulfonamides is 1. The number of hydrogen-bond donors (Lipinski definition) is 3. The van der Waals surface area contributed by atoms with Gasteiger partial charge in [0.2, 0.25) is 27.7 Å². The Hall–Kier alpha value is -2.95. The SMILES string of the molecule is CCS(=O)(=O)Nc1ccc(NC(=O)CCc2nc(C3(NC(C)=O)CCCCCC3)no2)cc1. The number of nitrogens with one attached hydrogen (secondary N) is 3. The van der Waals surface area contributed by atoms with Gasteiger partial charge in [0.1, 0.15) is 5.54 Å². The number of anilines is 2. The third-order valence-corrected chi connectivity index (χ3v) is 6.96. The molecule has 1 saturated carbocycles. The van der Waals surface area contributed by atoms with Crippen molar-refractivity contribution in [2.45, 2.75) is 70.8 Å². The van der Waals surface area contributed by atoms with Crippen molar-refractivity contribution in [1.29, 1.82) is 0 Å². The van der Waals surface area contributed by atoms with Gasteiger partial charge < -0.3 is 15.2 Å². The van der Waals surface area contributed by atoms with E-state index >= 15 is 0 Å². The first-order chi connectivity index (χ1) is 15.7. The lowest BCUT2D eigenvalue weighted by Gasteiger charge is -2.30. The zero-order chi connectivity index (χ0) is 23.9. The fourth-order valence-corrected chi connectivity index (χ4v) is 4.58. The Bertz CT molecular complexity index is 1060. The average Bonchev–Trinajstić information content (AvgIpc) is 3.13. The summed E-state index contributed by atoms with van der Waals surface area (Å²) < 4.78 is 31.1. The molecule has 3 N–H and O–H groups in total. The molecule has 0 aliphatic heterocycles. The number of rotatable bonds is 9. The fourth-order valence-electron chi connectivity index (χ4n) is 3.94. The topological polar surface area (TPSA) is 143 Å². The van der Waals surface area contributed by atoms with Gasteiger partial charge in [0.25, 0.3) is 0 Å². The Morgan fingerprint density at radius 2 is 1.70 bits per heavy atom. The summed E-state index contributed by atoms with van der Waals surface area (Å²) in [7, 11) is -3.35. The van der Waals surface area contributed by atoms with E-state index in [0.29, 0.717) is 23.1 Å². The van der Waals surface area contributed by atoms with Gasteiger partial charge in [-0.25, -0.2) is 8.42 Å². The Morgan fingerprint density at radius 1 is 1.06 bits per heavy atom. The second kappa shape index (κ2) is 10.8. The van der Waals surface area contributed by atoms with E-state index in [0.717, 1.165) is 38.5 Å². The van der Waals surface area contributed by atoms with E-state index in [9.17, 15) is 18.0 Å². The molecule has 1 aromatic carbocycles. The van der Waals surface area contributed by atoms with E-state index < -0.39 is 15.6 Å². The van der Waals surface area contributed by atoms with Crippen LogP contribution in [0.25, 0.3) is 0 Å². The largest absolute Gasteiger partial charge is 0.343 e. The number of aromatic nitrogens is 2. The zero-order valence-electron chi connectivity index (χ0n) is 19.0. The summed E-state index contributed by atoms with van der Waals surface area (Å²) in [5.74, 6) is 0.437. The van der Waals surface area contributed by atoms with Crippen LogP contribution in [-0.2, 0) is 31.6 Å². The minimum Gasteiger partial charge on any atom is -0.343 e. The van der Waals surface area contributed by atoms with Gasteiger partial charge in [0.15, 0.2) is 5.82 Å². The summed E-state index contributed by atoms with van der Waals surface area (Å²) in [6, 6.07) is 6.42. The molecule has 1 heterocycles. The molecule has 0 atom stereocenters. The number of benzene rings is 1. The molecule has 0 radical (unpaired) electrons. The van der Waals surface area contributed by atoms with Crippen molar-refractivity contribution in [2.24, 2.45) is 0 Å². The van der Waals surface area contributed by atoms with E-state index in [2.05, 4.69) is 25.5 Å². The molecule has 0 saturated heterocycles. The number of nitrogens with zero attached hydrogens (tertiary/aromatic N) is 2. The monoisotopic (exact) mass is 477 g/mol. The summed E-state index contributed by atoms with van der Waals surface area (Å²) in [5.41, 5.74) is 0.362. The van der Waals surface area contributed by atoms with Crippen LogP contribution in [0.1, 0.15) is 70.5 Å². The Kier molecular flexibility index (Phi) is 8.06. The van der Waals surface area contributed by atoms with Crippen LogP contribution in [0.3, 0.4) is 0 Å². The van der Waals surface area contributed by atoms with Gasteiger partial charge in [-0.2, -0.15) is 4.98 Å². The molecule has 11 heteroatoms. The van der Waals surface area contributed by atoms with E-state index in [-0.39, 0.29) is 30.4 Å². The smallest absolute Gasteiger partial charge is 0.232 e. The maximum absolute atomic E-state index is 12.3. The standard InChI is InChI=1S/C22H31N5O5S/c1-3-33(30,31)27-18-10-8-17(9-11-18)23-19(29)12-13-20-24-21(26-32-20)22(25-16(2)28)14-6-4-5-7-15-22/h8-11,27H,3-7,12-15H2,1-2H3,(H,23,29)(H,25,28). The lowest BCUT2D eigenvalue weighted by Crippen LogP contribution is -2.45. The van der Waals surface area contributed by atoms with E-state index in [4.69, 9.17) is 4.52 Å². The highest BCUT2D eigenvalue weighted by Gasteiger charge is 2.38. The molecule has 33 heavy (non-hydrogen) atoms. The van der Waals surface area contributed by atoms with Crippen LogP contribution in [0.2, 0.25) is 0 Å². The van der Waals surface area contributed by atoms with Crippen molar-refractivity contribution in [1.82, 2.24) is 15.5 Å². The highest BCUT2D eigenvalue weighted by Crippen LogP contribution is 2.34. The first-order valence-electron chi connectivity index (χ1n) is 11.2. The quantitative estimate of drug-likeness (QED) is 0.471. The van der Waals surface area contributed by atoms with Gasteiger partial charge in [-0.15, -0.1) is 0 Å². The second-order valence-corrected chi connectivity index (χ2v) is 10.3. The van der Waals surface area contributed by atoms with Gasteiger partial charge in [0.05, 0.1) is 5.75 Å². The highest BCUT2D eigenvalue weighted by molar-refractivity contribution is 7.92. The third-order valence-electron chi connectivity index (χ3n) is 5.66. The van der Waals surface area contributed by atoms with Gasteiger partial charge in [-0.05, 0) is 44.0 Å². The average molecular weight is 478 g/mol. The van der Waals surface area contributed by atoms with Crippen LogP contribution in [0.4, 0.5) is 11.4 Å². The van der Waals surface area contributed by atoms with Crippen LogP contribution >= 0.6 is 0 Å². The molecule has 1 aliphatic carbocycles. The van der Waals surface area contributed by atoms with Crippen molar-refractivity contribution in [2.75, 3.05) is 15.8 Å². The van der Waals surface area contributed by atoms with Crippen molar-refractivity contribution in [3.63, 3.8) is 0 Å². The maximum atomic E-state index is 12.3. The van der Waals surface area contributed by atoms with E-state index in [1.54, 1.807) is 31.2 Å². The van der Waals surface area contributed by atoms with E-state index in [1.807, 2.05) is 0 Å². The maximum Gasteiger partial charge on any atom is 0.232 e. The molecule has 180 valence electrons. The second-order valence-electron chi connectivity index (χ2n) is 8.32. The first kappa shape index (κ1) is 24.7. The van der Waals surface area contributed by atoms with Gasteiger partial charge in [0, 0.05) is 31.1 Å². The molecule has 3 rings (SSSR count). The van der Waals surface area contributed by atoms with Crippen molar-refractivity contribution < 1.29 is 22.5 Å². The molecule has 0 bridgehead atoms. The summed E-state index contributed by atoms with van der Waals surface area (Å²) in [5, 5.41) is 9.93. The summed E-state index contributed by atoms with van der Waals surface area (Å²) >= 11 is 0. The van der Waals surface area contributed by atoms with E-state index in [1.165, 1.54) is 6.92 Å². The number of amides is 2. The summed E-state index contributed by atoms with van der Waals surface area (Å²) in [6.07, 6.45) is 6.10. The molecular formula is C22H31N5O5S. The van der Waals surface area contributed by atoms with Crippen molar-refractivity contribution >= 4 is 33.2 Å². The normalized spacial score (nSPS) is 15.9.